The molecule has 0 spiro atoms. The zero-order valence-corrected chi connectivity index (χ0v) is 12.7. The van der Waals surface area contributed by atoms with Gasteiger partial charge in [0.2, 0.25) is 5.95 Å². The number of nitrogens with one attached hydrogen (secondary N) is 2. The minimum atomic E-state index is -0.280. The van der Waals surface area contributed by atoms with Gasteiger partial charge < -0.3 is 0 Å². The molecule has 2 heterocycles. The van der Waals surface area contributed by atoms with Crippen LogP contribution in [-0.4, -0.2) is 26.4 Å². The van der Waals surface area contributed by atoms with Crippen molar-refractivity contribution >= 4 is 12.2 Å². The smallest absolute Gasteiger partial charge is 0.243 e. The number of aryl methyl sites for hydroxylation is 2. The fraction of sp³-hybridized carbons (Fsp3) is 0.125. The van der Waals surface area contributed by atoms with Crippen LogP contribution in [-0.2, 0) is 0 Å². The number of hydrogen-bond donors (Lipinski definition) is 2. The highest BCUT2D eigenvalue weighted by atomic mass is 19.1. The summed E-state index contributed by atoms with van der Waals surface area (Å²) in [6.07, 6.45) is 3.26. The van der Waals surface area contributed by atoms with Crippen molar-refractivity contribution < 1.29 is 4.39 Å². The number of rotatable bonds is 4. The number of halogens is 1. The molecule has 0 aliphatic heterocycles. The lowest BCUT2D eigenvalue weighted by molar-refractivity contribution is 0.628. The summed E-state index contributed by atoms with van der Waals surface area (Å²) in [5.74, 6) is 0.155. The first-order valence-electron chi connectivity index (χ1n) is 7.02. The van der Waals surface area contributed by atoms with Gasteiger partial charge in [0.1, 0.15) is 5.82 Å². The quantitative estimate of drug-likeness (QED) is 0.573. The van der Waals surface area contributed by atoms with E-state index in [9.17, 15) is 4.39 Å². The Morgan fingerprint density at radius 2 is 1.83 bits per heavy atom. The molecule has 0 amide bonds. The molecule has 7 heteroatoms. The van der Waals surface area contributed by atoms with Gasteiger partial charge in [-0.3, -0.25) is 5.10 Å². The Morgan fingerprint density at radius 1 is 1.13 bits per heavy atom. The zero-order valence-electron chi connectivity index (χ0n) is 12.7. The number of anilines is 1. The Labute approximate surface area is 132 Å². The van der Waals surface area contributed by atoms with Crippen LogP contribution >= 0.6 is 0 Å². The van der Waals surface area contributed by atoms with Crippen molar-refractivity contribution in [3.8, 4) is 11.3 Å². The second-order valence-corrected chi connectivity index (χ2v) is 5.05. The van der Waals surface area contributed by atoms with E-state index in [0.717, 1.165) is 28.2 Å². The monoisotopic (exact) mass is 310 g/mol. The summed E-state index contributed by atoms with van der Waals surface area (Å²) in [7, 11) is 0. The summed E-state index contributed by atoms with van der Waals surface area (Å²) in [6.45, 7) is 3.79. The van der Waals surface area contributed by atoms with Gasteiger partial charge in [-0.15, -0.1) is 0 Å². The predicted octanol–water partition coefficient (Wildman–Crippen LogP) is 3.07. The maximum Gasteiger partial charge on any atom is 0.243 e. The molecule has 0 bridgehead atoms. The van der Waals surface area contributed by atoms with Crippen LogP contribution in [0.15, 0.2) is 41.6 Å². The number of nitrogens with zero attached hydrogens (tertiary/aromatic N) is 4. The Bertz CT molecular complexity index is 818. The van der Waals surface area contributed by atoms with Gasteiger partial charge in [-0.05, 0) is 44.2 Å². The molecular formula is C16H15FN6. The van der Waals surface area contributed by atoms with Gasteiger partial charge in [-0.25, -0.2) is 19.8 Å². The predicted molar refractivity (Wildman–Crippen MR) is 86.7 cm³/mol. The Kier molecular flexibility index (Phi) is 4.09. The Morgan fingerprint density at radius 3 is 2.52 bits per heavy atom. The van der Waals surface area contributed by atoms with Gasteiger partial charge in [0.25, 0.3) is 0 Å². The lowest BCUT2D eigenvalue weighted by Crippen LogP contribution is -1.99. The first-order valence-corrected chi connectivity index (χ1v) is 7.02. The van der Waals surface area contributed by atoms with Gasteiger partial charge in [-0.1, -0.05) is 0 Å². The molecule has 6 nitrogen and oxygen atoms in total. The molecule has 0 saturated carbocycles. The van der Waals surface area contributed by atoms with Crippen molar-refractivity contribution in [1.82, 2.24) is 20.2 Å². The SMILES string of the molecule is Cc1cc(C)nc(N/N=C/c2cn[nH]c2-c2ccc(F)cc2)n1. The van der Waals surface area contributed by atoms with Gasteiger partial charge in [0.05, 0.1) is 18.1 Å². The van der Waals surface area contributed by atoms with Gasteiger partial charge >= 0.3 is 0 Å². The molecule has 3 rings (SSSR count). The molecule has 1 aromatic carbocycles. The second-order valence-electron chi connectivity index (χ2n) is 5.05. The number of hydrazone groups is 1. The van der Waals surface area contributed by atoms with E-state index in [1.54, 1.807) is 24.5 Å². The Balaban J connectivity index is 1.78. The third-order valence-corrected chi connectivity index (χ3v) is 3.15. The molecule has 0 saturated heterocycles. The van der Waals surface area contributed by atoms with Crippen LogP contribution in [0.3, 0.4) is 0 Å². The van der Waals surface area contributed by atoms with Crippen molar-refractivity contribution in [2.24, 2.45) is 5.10 Å². The van der Waals surface area contributed by atoms with Crippen molar-refractivity contribution in [2.75, 3.05) is 5.43 Å². The van der Waals surface area contributed by atoms with Crippen LogP contribution in [0.5, 0.6) is 0 Å². The molecule has 0 unspecified atom stereocenters. The van der Waals surface area contributed by atoms with E-state index >= 15 is 0 Å². The highest BCUT2D eigenvalue weighted by Gasteiger charge is 2.06. The molecule has 116 valence electrons. The van der Waals surface area contributed by atoms with Crippen LogP contribution in [0.4, 0.5) is 10.3 Å². The molecular weight excluding hydrogens is 295 g/mol. The van der Waals surface area contributed by atoms with E-state index in [1.165, 1.54) is 12.1 Å². The van der Waals surface area contributed by atoms with Crippen LogP contribution in [0.25, 0.3) is 11.3 Å². The number of hydrogen-bond acceptors (Lipinski definition) is 5. The van der Waals surface area contributed by atoms with Gasteiger partial charge in [0.15, 0.2) is 0 Å². The highest BCUT2D eigenvalue weighted by molar-refractivity contribution is 5.88. The molecule has 2 N–H and O–H groups in total. The van der Waals surface area contributed by atoms with E-state index in [-0.39, 0.29) is 5.82 Å². The zero-order chi connectivity index (χ0) is 16.2. The molecule has 0 fully saturated rings. The van der Waals surface area contributed by atoms with Gasteiger partial charge in [0, 0.05) is 22.5 Å². The maximum atomic E-state index is 13.0. The summed E-state index contributed by atoms with van der Waals surface area (Å²) >= 11 is 0. The van der Waals surface area contributed by atoms with Crippen molar-refractivity contribution in [1.29, 1.82) is 0 Å². The minimum Gasteiger partial charge on any atom is -0.277 e. The Hall–Kier alpha value is -3.09. The first-order chi connectivity index (χ1) is 11.1. The van der Waals surface area contributed by atoms with E-state index in [2.05, 4.69) is 30.7 Å². The van der Waals surface area contributed by atoms with Crippen LogP contribution in [0.2, 0.25) is 0 Å². The lowest BCUT2D eigenvalue weighted by atomic mass is 10.1. The molecule has 2 aromatic heterocycles. The number of aromatic nitrogens is 4. The average molecular weight is 310 g/mol. The second kappa shape index (κ2) is 6.35. The average Bonchev–Trinajstić information content (AvgIpc) is 2.95. The number of aromatic amines is 1. The lowest BCUT2D eigenvalue weighted by Gasteiger charge is -2.02. The fourth-order valence-electron chi connectivity index (χ4n) is 2.18. The topological polar surface area (TPSA) is 78.9 Å². The normalized spacial score (nSPS) is 11.1. The fourth-order valence-corrected chi connectivity index (χ4v) is 2.18. The molecule has 0 aliphatic carbocycles. The van der Waals surface area contributed by atoms with E-state index in [0.29, 0.717) is 5.95 Å². The van der Waals surface area contributed by atoms with Crippen molar-refractivity contribution in [3.05, 3.63) is 59.3 Å². The van der Waals surface area contributed by atoms with Crippen molar-refractivity contribution in [2.45, 2.75) is 13.8 Å². The van der Waals surface area contributed by atoms with E-state index in [1.807, 2.05) is 19.9 Å². The highest BCUT2D eigenvalue weighted by Crippen LogP contribution is 2.20. The summed E-state index contributed by atoms with van der Waals surface area (Å²) in [5.41, 5.74) is 6.89. The number of H-pyrrole nitrogens is 1. The summed E-state index contributed by atoms with van der Waals surface area (Å²) in [6, 6.07) is 8.05. The van der Waals surface area contributed by atoms with Crippen molar-refractivity contribution in [3.63, 3.8) is 0 Å². The molecule has 3 aromatic rings. The van der Waals surface area contributed by atoms with Crippen LogP contribution in [0, 0.1) is 19.7 Å². The molecule has 0 radical (unpaired) electrons. The molecule has 0 aliphatic rings. The summed E-state index contributed by atoms with van der Waals surface area (Å²) < 4.78 is 13.0. The third kappa shape index (κ3) is 3.57. The first kappa shape index (κ1) is 14.8. The third-order valence-electron chi connectivity index (χ3n) is 3.15. The molecule has 23 heavy (non-hydrogen) atoms. The largest absolute Gasteiger partial charge is 0.277 e. The molecule has 0 atom stereocenters. The van der Waals surface area contributed by atoms with Crippen LogP contribution < -0.4 is 5.43 Å². The number of benzene rings is 1. The van der Waals surface area contributed by atoms with E-state index < -0.39 is 0 Å². The maximum absolute atomic E-state index is 13.0. The standard InChI is InChI=1S/C16H15FN6/c1-10-7-11(2)21-16(20-10)23-19-9-13-8-18-22-15(13)12-3-5-14(17)6-4-12/h3-9H,1-2H3,(H,18,22)(H,20,21,23)/b19-9+. The summed E-state index contributed by atoms with van der Waals surface area (Å²) in [4.78, 5) is 8.48. The van der Waals surface area contributed by atoms with E-state index in [4.69, 9.17) is 0 Å². The summed E-state index contributed by atoms with van der Waals surface area (Å²) in [5, 5.41) is 11.0. The minimum absolute atomic E-state index is 0.280. The van der Waals surface area contributed by atoms with Gasteiger partial charge in [-0.2, -0.15) is 10.2 Å². The van der Waals surface area contributed by atoms with Crippen LogP contribution in [0.1, 0.15) is 17.0 Å².